The lowest BCUT2D eigenvalue weighted by Gasteiger charge is -2.08. The maximum absolute atomic E-state index is 14.1. The number of nitrogens with zero attached hydrogens (tertiary/aromatic N) is 3. The molecule has 0 radical (unpaired) electrons. The molecule has 0 fully saturated rings. The monoisotopic (exact) mass is 275 g/mol. The molecule has 0 spiro atoms. The Morgan fingerprint density at radius 1 is 1.05 bits per heavy atom. The molecule has 0 aliphatic rings. The number of hydrogen-bond acceptors (Lipinski definition) is 2. The Morgan fingerprint density at radius 3 is 2.67 bits per heavy atom. The van der Waals surface area contributed by atoms with Gasteiger partial charge in [0.2, 0.25) is 0 Å². The van der Waals surface area contributed by atoms with Gasteiger partial charge >= 0.3 is 0 Å². The van der Waals surface area contributed by atoms with Gasteiger partial charge < -0.3 is 4.57 Å². The number of fused-ring (bicyclic) bond motifs is 1. The quantitative estimate of drug-likeness (QED) is 0.717. The number of halogens is 1. The first-order valence-electron chi connectivity index (χ1n) is 6.39. The summed E-state index contributed by atoms with van der Waals surface area (Å²) in [4.78, 5) is 0. The molecule has 2 aromatic carbocycles. The molecule has 21 heavy (non-hydrogen) atoms. The summed E-state index contributed by atoms with van der Waals surface area (Å²) in [5.41, 5.74) is 1.93. The summed E-state index contributed by atoms with van der Waals surface area (Å²) < 4.78 is 16.0. The van der Waals surface area contributed by atoms with Crippen LogP contribution in [0.5, 0.6) is 0 Å². The highest BCUT2D eigenvalue weighted by atomic mass is 19.1. The zero-order chi connectivity index (χ0) is 14.8. The van der Waals surface area contributed by atoms with Gasteiger partial charge in [-0.05, 0) is 29.7 Å². The van der Waals surface area contributed by atoms with Crippen molar-refractivity contribution in [2.24, 2.45) is 0 Å². The van der Waals surface area contributed by atoms with Gasteiger partial charge in [-0.1, -0.05) is 18.2 Å². The van der Waals surface area contributed by atoms with Crippen molar-refractivity contribution >= 4 is 10.9 Å². The summed E-state index contributed by atoms with van der Waals surface area (Å²) in [6.07, 6.45) is 1.85. The van der Waals surface area contributed by atoms with Crippen LogP contribution >= 0.6 is 0 Å². The predicted molar refractivity (Wildman–Crippen MR) is 76.9 cm³/mol. The largest absolute Gasteiger partial charge is 0.343 e. The van der Waals surface area contributed by atoms with Crippen LogP contribution in [0.25, 0.3) is 10.9 Å². The summed E-state index contributed by atoms with van der Waals surface area (Å²) in [6, 6.07) is 16.1. The number of rotatable bonds is 2. The van der Waals surface area contributed by atoms with Crippen molar-refractivity contribution in [2.45, 2.75) is 6.54 Å². The Morgan fingerprint density at radius 2 is 1.90 bits per heavy atom. The lowest BCUT2D eigenvalue weighted by atomic mass is 10.1. The fourth-order valence-electron chi connectivity index (χ4n) is 2.36. The van der Waals surface area contributed by atoms with Gasteiger partial charge in [0.1, 0.15) is 11.9 Å². The zero-order valence-electron chi connectivity index (χ0n) is 11.0. The van der Waals surface area contributed by atoms with E-state index in [1.807, 2.05) is 29.0 Å². The van der Waals surface area contributed by atoms with E-state index in [9.17, 15) is 4.39 Å². The molecule has 0 aliphatic heterocycles. The molecule has 3 nitrogen and oxygen atoms in total. The fourth-order valence-corrected chi connectivity index (χ4v) is 2.36. The molecule has 0 amide bonds. The minimum absolute atomic E-state index is 0.0432. The molecule has 0 unspecified atom stereocenters. The van der Waals surface area contributed by atoms with Gasteiger partial charge in [-0.2, -0.15) is 10.5 Å². The van der Waals surface area contributed by atoms with Crippen LogP contribution in [0.1, 0.15) is 16.7 Å². The minimum atomic E-state index is -0.488. The lowest BCUT2D eigenvalue weighted by molar-refractivity contribution is 0.598. The van der Waals surface area contributed by atoms with E-state index in [0.717, 1.165) is 10.9 Å². The zero-order valence-corrected chi connectivity index (χ0v) is 11.0. The molecular formula is C17H10FN3. The van der Waals surface area contributed by atoms with Crippen molar-refractivity contribution in [3.8, 4) is 12.1 Å². The number of aromatic nitrogens is 1. The van der Waals surface area contributed by atoms with Gasteiger partial charge in [0.15, 0.2) is 0 Å². The molecule has 0 bridgehead atoms. The smallest absolute Gasteiger partial charge is 0.145 e. The van der Waals surface area contributed by atoms with E-state index in [2.05, 4.69) is 6.07 Å². The fraction of sp³-hybridized carbons (Fsp3) is 0.0588. The van der Waals surface area contributed by atoms with Gasteiger partial charge in [0.25, 0.3) is 0 Å². The molecule has 3 rings (SSSR count). The molecule has 100 valence electrons. The second kappa shape index (κ2) is 5.11. The Kier molecular flexibility index (Phi) is 3.14. The van der Waals surface area contributed by atoms with Crippen LogP contribution in [-0.2, 0) is 6.54 Å². The molecule has 0 N–H and O–H groups in total. The van der Waals surface area contributed by atoms with Gasteiger partial charge in [-0.25, -0.2) is 4.39 Å². The van der Waals surface area contributed by atoms with E-state index in [-0.39, 0.29) is 5.56 Å². The molecule has 4 heteroatoms. The highest BCUT2D eigenvalue weighted by molar-refractivity contribution is 5.81. The second-order valence-electron chi connectivity index (χ2n) is 4.72. The van der Waals surface area contributed by atoms with E-state index in [0.29, 0.717) is 17.7 Å². The SMILES string of the molecule is N#Cc1ccc2ccn(Cc3cccc(C#N)c3F)c2c1. The van der Waals surface area contributed by atoms with E-state index in [1.165, 1.54) is 6.07 Å². The van der Waals surface area contributed by atoms with E-state index >= 15 is 0 Å². The molecule has 1 heterocycles. The Labute approximate surface area is 121 Å². The highest BCUT2D eigenvalue weighted by Crippen LogP contribution is 2.20. The first-order chi connectivity index (χ1) is 10.2. The Hall–Kier alpha value is -3.11. The summed E-state index contributed by atoms with van der Waals surface area (Å²) in [6.45, 7) is 0.319. The van der Waals surface area contributed by atoms with Crippen LogP contribution < -0.4 is 0 Å². The Balaban J connectivity index is 2.07. The van der Waals surface area contributed by atoms with E-state index in [4.69, 9.17) is 10.5 Å². The molecule has 0 atom stereocenters. The topological polar surface area (TPSA) is 52.5 Å². The number of hydrogen-bond donors (Lipinski definition) is 0. The van der Waals surface area contributed by atoms with Crippen molar-refractivity contribution in [3.05, 3.63) is 71.2 Å². The number of nitriles is 2. The molecule has 1 aromatic heterocycles. The second-order valence-corrected chi connectivity index (χ2v) is 4.72. The summed E-state index contributed by atoms with van der Waals surface area (Å²) in [7, 11) is 0. The lowest BCUT2D eigenvalue weighted by Crippen LogP contribution is -2.02. The summed E-state index contributed by atoms with van der Waals surface area (Å²) in [5, 5.41) is 18.8. The van der Waals surface area contributed by atoms with Crippen molar-refractivity contribution in [1.82, 2.24) is 4.57 Å². The summed E-state index contributed by atoms with van der Waals surface area (Å²) in [5.74, 6) is -0.488. The third-order valence-corrected chi connectivity index (χ3v) is 3.44. The molecule has 0 saturated carbocycles. The normalized spacial score (nSPS) is 10.2. The Bertz CT molecular complexity index is 910. The maximum atomic E-state index is 14.1. The van der Waals surface area contributed by atoms with Crippen LogP contribution in [0.15, 0.2) is 48.7 Å². The average Bonchev–Trinajstić information content (AvgIpc) is 2.91. The first-order valence-corrected chi connectivity index (χ1v) is 6.39. The summed E-state index contributed by atoms with van der Waals surface area (Å²) >= 11 is 0. The number of benzene rings is 2. The van der Waals surface area contributed by atoms with Crippen molar-refractivity contribution in [3.63, 3.8) is 0 Å². The minimum Gasteiger partial charge on any atom is -0.343 e. The predicted octanol–water partition coefficient (Wildman–Crippen LogP) is 3.57. The highest BCUT2D eigenvalue weighted by Gasteiger charge is 2.09. The van der Waals surface area contributed by atoms with Crippen LogP contribution in [0.2, 0.25) is 0 Å². The van der Waals surface area contributed by atoms with Gasteiger partial charge in [-0.3, -0.25) is 0 Å². The van der Waals surface area contributed by atoms with Crippen LogP contribution in [-0.4, -0.2) is 4.57 Å². The van der Waals surface area contributed by atoms with Gasteiger partial charge in [0.05, 0.1) is 23.7 Å². The van der Waals surface area contributed by atoms with Gasteiger partial charge in [-0.15, -0.1) is 0 Å². The van der Waals surface area contributed by atoms with E-state index < -0.39 is 5.82 Å². The van der Waals surface area contributed by atoms with Crippen molar-refractivity contribution in [2.75, 3.05) is 0 Å². The van der Waals surface area contributed by atoms with E-state index in [1.54, 1.807) is 24.3 Å². The van der Waals surface area contributed by atoms with Crippen molar-refractivity contribution < 1.29 is 4.39 Å². The molecular weight excluding hydrogens is 265 g/mol. The van der Waals surface area contributed by atoms with Gasteiger partial charge in [0, 0.05) is 17.3 Å². The standard InChI is InChI=1S/C17H10FN3/c18-17-14(10-20)2-1-3-15(17)11-21-7-6-13-5-4-12(9-19)8-16(13)21/h1-8H,11H2. The first kappa shape index (κ1) is 12.9. The maximum Gasteiger partial charge on any atom is 0.145 e. The third kappa shape index (κ3) is 2.24. The average molecular weight is 275 g/mol. The van der Waals surface area contributed by atoms with Crippen LogP contribution in [0.3, 0.4) is 0 Å². The molecule has 0 saturated heterocycles. The van der Waals surface area contributed by atoms with Crippen LogP contribution in [0.4, 0.5) is 4.39 Å². The molecule has 3 aromatic rings. The molecule has 0 aliphatic carbocycles. The van der Waals surface area contributed by atoms with Crippen molar-refractivity contribution in [1.29, 1.82) is 10.5 Å². The third-order valence-electron chi connectivity index (χ3n) is 3.44. The van der Waals surface area contributed by atoms with Crippen LogP contribution in [0, 0.1) is 28.5 Å².